The molecule has 0 saturated carbocycles. The number of benzene rings is 1. The molecular weight excluding hydrogens is 302 g/mol. The predicted molar refractivity (Wildman–Crippen MR) is 84.7 cm³/mol. The van der Waals surface area contributed by atoms with E-state index in [-0.39, 0.29) is 10.8 Å². The van der Waals surface area contributed by atoms with Crippen LogP contribution in [0.25, 0.3) is 0 Å². The molecule has 0 fully saturated rings. The molecule has 1 amide bonds. The number of hydrogen-bond acceptors (Lipinski definition) is 4. The number of thiophene rings is 1. The molecule has 1 aromatic carbocycles. The Kier molecular flexibility index (Phi) is 5.55. The van der Waals surface area contributed by atoms with Crippen LogP contribution >= 0.6 is 11.3 Å². The minimum absolute atomic E-state index is 0.216. The van der Waals surface area contributed by atoms with Gasteiger partial charge < -0.3 is 15.2 Å². The fourth-order valence-corrected chi connectivity index (χ4v) is 2.59. The SMILES string of the molecule is CCCOc1cccc(C(=O)NCc2ccc(C(=O)O)s2)c1. The molecule has 0 bridgehead atoms. The van der Waals surface area contributed by atoms with E-state index in [1.165, 1.54) is 6.07 Å². The normalized spacial score (nSPS) is 10.2. The average molecular weight is 319 g/mol. The Morgan fingerprint density at radius 2 is 2.09 bits per heavy atom. The lowest BCUT2D eigenvalue weighted by atomic mass is 10.2. The van der Waals surface area contributed by atoms with Gasteiger partial charge in [-0.2, -0.15) is 0 Å². The van der Waals surface area contributed by atoms with E-state index in [9.17, 15) is 9.59 Å². The Labute approximate surface area is 132 Å². The summed E-state index contributed by atoms with van der Waals surface area (Å²) in [5.74, 6) is -0.505. The summed E-state index contributed by atoms with van der Waals surface area (Å²) >= 11 is 1.15. The summed E-state index contributed by atoms with van der Waals surface area (Å²) in [6, 6.07) is 10.2. The molecule has 0 aliphatic rings. The van der Waals surface area contributed by atoms with Gasteiger partial charge in [0, 0.05) is 10.4 Å². The third-order valence-electron chi connectivity index (χ3n) is 2.86. The van der Waals surface area contributed by atoms with Crippen molar-refractivity contribution in [3.63, 3.8) is 0 Å². The van der Waals surface area contributed by atoms with E-state index in [1.807, 2.05) is 13.0 Å². The molecule has 0 aliphatic carbocycles. The van der Waals surface area contributed by atoms with E-state index in [0.717, 1.165) is 22.6 Å². The second-order valence-corrected chi connectivity index (χ2v) is 5.80. The van der Waals surface area contributed by atoms with Gasteiger partial charge in [-0.1, -0.05) is 13.0 Å². The molecule has 0 radical (unpaired) electrons. The monoisotopic (exact) mass is 319 g/mol. The van der Waals surface area contributed by atoms with Crippen LogP contribution in [0.2, 0.25) is 0 Å². The van der Waals surface area contributed by atoms with Crippen molar-refractivity contribution in [1.82, 2.24) is 5.32 Å². The molecule has 2 rings (SSSR count). The molecule has 0 atom stereocenters. The van der Waals surface area contributed by atoms with Gasteiger partial charge in [-0.05, 0) is 36.8 Å². The molecule has 6 heteroatoms. The summed E-state index contributed by atoms with van der Waals surface area (Å²) in [5, 5.41) is 11.6. The first-order chi connectivity index (χ1) is 10.6. The van der Waals surface area contributed by atoms with Crippen molar-refractivity contribution in [2.75, 3.05) is 6.61 Å². The van der Waals surface area contributed by atoms with Crippen LogP contribution in [0.1, 0.15) is 38.3 Å². The summed E-state index contributed by atoms with van der Waals surface area (Å²) in [4.78, 5) is 24.0. The van der Waals surface area contributed by atoms with Gasteiger partial charge in [-0.15, -0.1) is 11.3 Å². The van der Waals surface area contributed by atoms with Gasteiger partial charge in [-0.25, -0.2) is 4.79 Å². The lowest BCUT2D eigenvalue weighted by Gasteiger charge is -2.07. The van der Waals surface area contributed by atoms with Crippen LogP contribution in [-0.2, 0) is 6.54 Å². The largest absolute Gasteiger partial charge is 0.494 e. The van der Waals surface area contributed by atoms with Gasteiger partial charge in [0.2, 0.25) is 0 Å². The van der Waals surface area contributed by atoms with Crippen molar-refractivity contribution in [1.29, 1.82) is 0 Å². The second kappa shape index (κ2) is 7.61. The minimum Gasteiger partial charge on any atom is -0.494 e. The first-order valence-electron chi connectivity index (χ1n) is 6.93. The predicted octanol–water partition coefficient (Wildman–Crippen LogP) is 3.17. The van der Waals surface area contributed by atoms with Gasteiger partial charge in [0.15, 0.2) is 0 Å². The zero-order valence-corrected chi connectivity index (χ0v) is 13.0. The van der Waals surface area contributed by atoms with Crippen LogP contribution in [0.4, 0.5) is 0 Å². The van der Waals surface area contributed by atoms with Crippen LogP contribution in [0.3, 0.4) is 0 Å². The van der Waals surface area contributed by atoms with Crippen molar-refractivity contribution in [3.05, 3.63) is 51.7 Å². The van der Waals surface area contributed by atoms with Crippen molar-refractivity contribution in [2.45, 2.75) is 19.9 Å². The maximum atomic E-state index is 12.1. The lowest BCUT2D eigenvalue weighted by Crippen LogP contribution is -2.22. The topological polar surface area (TPSA) is 75.6 Å². The minimum atomic E-state index is -0.955. The van der Waals surface area contributed by atoms with E-state index in [2.05, 4.69) is 5.32 Å². The van der Waals surface area contributed by atoms with Gasteiger partial charge in [0.1, 0.15) is 10.6 Å². The molecule has 5 nitrogen and oxygen atoms in total. The van der Waals surface area contributed by atoms with Crippen LogP contribution in [-0.4, -0.2) is 23.6 Å². The molecule has 0 spiro atoms. The number of carboxylic acids is 1. The Hall–Kier alpha value is -2.34. The third kappa shape index (κ3) is 4.33. The number of hydrogen-bond donors (Lipinski definition) is 2. The highest BCUT2D eigenvalue weighted by atomic mass is 32.1. The van der Waals surface area contributed by atoms with E-state index >= 15 is 0 Å². The Morgan fingerprint density at radius 3 is 2.77 bits per heavy atom. The maximum absolute atomic E-state index is 12.1. The molecule has 116 valence electrons. The molecule has 0 saturated heterocycles. The van der Waals surface area contributed by atoms with E-state index in [0.29, 0.717) is 24.5 Å². The van der Waals surface area contributed by atoms with Gasteiger partial charge in [0.25, 0.3) is 5.91 Å². The molecule has 1 aromatic heterocycles. The summed E-state index contributed by atoms with van der Waals surface area (Å²) in [7, 11) is 0. The number of aromatic carboxylic acids is 1. The molecule has 2 aromatic rings. The number of nitrogens with one attached hydrogen (secondary N) is 1. The van der Waals surface area contributed by atoms with E-state index < -0.39 is 5.97 Å². The Bertz CT molecular complexity index is 666. The van der Waals surface area contributed by atoms with Crippen LogP contribution in [0, 0.1) is 0 Å². The highest BCUT2D eigenvalue weighted by Gasteiger charge is 2.10. The van der Waals surface area contributed by atoms with Gasteiger partial charge in [-0.3, -0.25) is 4.79 Å². The number of carbonyl (C=O) groups is 2. The van der Waals surface area contributed by atoms with Gasteiger partial charge in [0.05, 0.1) is 13.2 Å². The number of carbonyl (C=O) groups excluding carboxylic acids is 1. The molecule has 22 heavy (non-hydrogen) atoms. The van der Waals surface area contributed by atoms with Crippen molar-refractivity contribution >= 4 is 23.2 Å². The van der Waals surface area contributed by atoms with E-state index in [4.69, 9.17) is 9.84 Å². The van der Waals surface area contributed by atoms with Crippen molar-refractivity contribution in [3.8, 4) is 5.75 Å². The fraction of sp³-hybridized carbons (Fsp3) is 0.250. The lowest BCUT2D eigenvalue weighted by molar-refractivity contribution is 0.0702. The summed E-state index contributed by atoms with van der Waals surface area (Å²) in [6.45, 7) is 2.93. The third-order valence-corrected chi connectivity index (χ3v) is 3.94. The van der Waals surface area contributed by atoms with Crippen molar-refractivity contribution in [2.24, 2.45) is 0 Å². The molecular formula is C16H17NO4S. The number of rotatable bonds is 7. The van der Waals surface area contributed by atoms with Crippen molar-refractivity contribution < 1.29 is 19.4 Å². The van der Waals surface area contributed by atoms with Crippen LogP contribution < -0.4 is 10.1 Å². The first kappa shape index (κ1) is 16.0. The zero-order chi connectivity index (χ0) is 15.9. The van der Waals surface area contributed by atoms with Crippen LogP contribution in [0.15, 0.2) is 36.4 Å². The highest BCUT2D eigenvalue weighted by Crippen LogP contribution is 2.17. The highest BCUT2D eigenvalue weighted by molar-refractivity contribution is 7.13. The summed E-state index contributed by atoms with van der Waals surface area (Å²) < 4.78 is 5.50. The fourth-order valence-electron chi connectivity index (χ4n) is 1.80. The number of amides is 1. The van der Waals surface area contributed by atoms with Gasteiger partial charge >= 0.3 is 5.97 Å². The number of ether oxygens (including phenoxy) is 1. The Balaban J connectivity index is 1.95. The molecule has 1 heterocycles. The Morgan fingerprint density at radius 1 is 1.27 bits per heavy atom. The smallest absolute Gasteiger partial charge is 0.345 e. The molecule has 2 N–H and O–H groups in total. The zero-order valence-electron chi connectivity index (χ0n) is 12.2. The molecule has 0 unspecified atom stereocenters. The average Bonchev–Trinajstić information content (AvgIpc) is 3.00. The maximum Gasteiger partial charge on any atom is 0.345 e. The summed E-state index contributed by atoms with van der Waals surface area (Å²) in [5.41, 5.74) is 0.517. The standard InChI is InChI=1S/C16H17NO4S/c1-2-8-21-12-5-3-4-11(9-12)15(18)17-10-13-6-7-14(22-13)16(19)20/h3-7,9H,2,8,10H2,1H3,(H,17,18)(H,19,20). The second-order valence-electron chi connectivity index (χ2n) is 4.63. The quantitative estimate of drug-likeness (QED) is 0.822. The first-order valence-corrected chi connectivity index (χ1v) is 7.75. The summed E-state index contributed by atoms with van der Waals surface area (Å²) in [6.07, 6.45) is 0.903. The molecule has 0 aliphatic heterocycles. The number of carboxylic acid groups (broad SMARTS) is 1. The van der Waals surface area contributed by atoms with Crippen LogP contribution in [0.5, 0.6) is 5.75 Å². The van der Waals surface area contributed by atoms with E-state index in [1.54, 1.807) is 24.3 Å².